The van der Waals surface area contributed by atoms with Crippen molar-refractivity contribution in [1.29, 1.82) is 0 Å². The second-order valence-electron chi connectivity index (χ2n) is 8.39. The van der Waals surface area contributed by atoms with Gasteiger partial charge in [0, 0.05) is 31.5 Å². The summed E-state index contributed by atoms with van der Waals surface area (Å²) in [4.78, 5) is 13.0. The average Bonchev–Trinajstić information content (AvgIpc) is 3.39. The van der Waals surface area contributed by atoms with E-state index in [0.717, 1.165) is 22.6 Å². The molecular formula is C19H24F5N5OS. The van der Waals surface area contributed by atoms with Crippen molar-refractivity contribution in [1.82, 2.24) is 15.1 Å². The molecule has 2 fully saturated rings. The Kier molecular flexibility index (Phi) is 6.07. The van der Waals surface area contributed by atoms with Gasteiger partial charge in [-0.1, -0.05) is 6.92 Å². The number of rotatable bonds is 7. The lowest BCUT2D eigenvalue weighted by Crippen LogP contribution is -2.47. The third kappa shape index (κ3) is 5.16. The number of carbonyl (C=O) groups is 1. The van der Waals surface area contributed by atoms with Gasteiger partial charge in [-0.25, -0.2) is 8.78 Å². The van der Waals surface area contributed by atoms with Gasteiger partial charge in [0.05, 0.1) is 16.4 Å². The topological polar surface area (TPSA) is 99.0 Å². The summed E-state index contributed by atoms with van der Waals surface area (Å²) >= 11 is 1.16. The number of allylic oxidation sites excluding steroid dienone is 1. The van der Waals surface area contributed by atoms with Gasteiger partial charge in [-0.05, 0) is 30.6 Å². The summed E-state index contributed by atoms with van der Waals surface area (Å²) in [6.45, 7) is 1.32. The molecule has 0 atom stereocenters. The van der Waals surface area contributed by atoms with E-state index in [1.165, 1.54) is 6.08 Å². The molecule has 6 nitrogen and oxygen atoms in total. The standard InChI is InChI=1S/C19H24F5N5OS/c1-17(7-18(20,21)8-17)9-29-15(16(30)27-11(6-25)5-12(26)31-2)13(19(22,23)24)14(28-29)10-3-4-10/h5-6,10H,3-4,7-9,25-26H2,1-2H3,(H,27,30)/b11-6+,12-5+. The van der Waals surface area contributed by atoms with Crippen molar-refractivity contribution >= 4 is 17.7 Å². The van der Waals surface area contributed by atoms with Crippen molar-refractivity contribution in [3.05, 3.63) is 40.0 Å². The summed E-state index contributed by atoms with van der Waals surface area (Å²) in [5.41, 5.74) is 8.15. The maximum absolute atomic E-state index is 14.0. The van der Waals surface area contributed by atoms with Gasteiger partial charge in [0.1, 0.15) is 11.3 Å². The number of nitrogens with two attached hydrogens (primary N) is 2. The van der Waals surface area contributed by atoms with Crippen molar-refractivity contribution in [3.63, 3.8) is 0 Å². The Labute approximate surface area is 180 Å². The van der Waals surface area contributed by atoms with Crippen LogP contribution in [0.3, 0.4) is 0 Å². The van der Waals surface area contributed by atoms with E-state index in [1.54, 1.807) is 13.2 Å². The molecule has 12 heteroatoms. The maximum Gasteiger partial charge on any atom is 0.420 e. The third-order valence-electron chi connectivity index (χ3n) is 5.32. The molecule has 3 rings (SSSR count). The highest BCUT2D eigenvalue weighted by Gasteiger charge is 2.55. The number of amides is 1. The fourth-order valence-electron chi connectivity index (χ4n) is 3.95. The highest BCUT2D eigenvalue weighted by molar-refractivity contribution is 8.02. The number of thioether (sulfide) groups is 1. The van der Waals surface area contributed by atoms with Crippen LogP contribution in [-0.2, 0) is 12.7 Å². The quantitative estimate of drug-likeness (QED) is 0.419. The molecule has 0 unspecified atom stereocenters. The molecule has 2 aliphatic rings. The first-order valence-electron chi connectivity index (χ1n) is 9.59. The van der Waals surface area contributed by atoms with Crippen LogP contribution in [0.25, 0.3) is 0 Å². The summed E-state index contributed by atoms with van der Waals surface area (Å²) in [5.74, 6) is -4.36. The van der Waals surface area contributed by atoms with E-state index in [-0.39, 0.29) is 23.0 Å². The Morgan fingerprint density at radius 3 is 2.42 bits per heavy atom. The summed E-state index contributed by atoms with van der Waals surface area (Å²) in [6, 6.07) is 0. The number of halogens is 5. The van der Waals surface area contributed by atoms with Crippen molar-refractivity contribution < 1.29 is 26.7 Å². The zero-order valence-corrected chi connectivity index (χ0v) is 17.8. The van der Waals surface area contributed by atoms with E-state index in [0.29, 0.717) is 12.8 Å². The summed E-state index contributed by atoms with van der Waals surface area (Å²) in [7, 11) is 0. The number of aromatic nitrogens is 2. The van der Waals surface area contributed by atoms with Crippen LogP contribution in [0, 0.1) is 5.41 Å². The van der Waals surface area contributed by atoms with E-state index in [2.05, 4.69) is 10.4 Å². The van der Waals surface area contributed by atoms with Crippen LogP contribution >= 0.6 is 11.8 Å². The van der Waals surface area contributed by atoms with E-state index < -0.39 is 53.4 Å². The fourth-order valence-corrected chi connectivity index (χ4v) is 4.19. The van der Waals surface area contributed by atoms with Crippen LogP contribution in [0.15, 0.2) is 23.0 Å². The zero-order valence-electron chi connectivity index (χ0n) is 17.0. The molecule has 5 N–H and O–H groups in total. The number of nitrogens with zero attached hydrogens (tertiary/aromatic N) is 2. The predicted molar refractivity (Wildman–Crippen MR) is 107 cm³/mol. The van der Waals surface area contributed by atoms with E-state index in [9.17, 15) is 26.7 Å². The van der Waals surface area contributed by atoms with Crippen LogP contribution in [-0.4, -0.2) is 27.9 Å². The van der Waals surface area contributed by atoms with Crippen LogP contribution in [0.5, 0.6) is 0 Å². The van der Waals surface area contributed by atoms with Crippen molar-refractivity contribution in [2.75, 3.05) is 6.26 Å². The first-order chi connectivity index (χ1) is 14.3. The molecule has 1 aromatic rings. The number of nitrogens with one attached hydrogen (secondary N) is 1. The Bertz CT molecular complexity index is 925. The molecule has 0 aromatic carbocycles. The lowest BCUT2D eigenvalue weighted by atomic mass is 9.67. The minimum absolute atomic E-state index is 0.00656. The van der Waals surface area contributed by atoms with Gasteiger partial charge >= 0.3 is 6.18 Å². The van der Waals surface area contributed by atoms with Crippen molar-refractivity contribution in [2.45, 2.75) is 57.2 Å². The lowest BCUT2D eigenvalue weighted by Gasteiger charge is -2.44. The van der Waals surface area contributed by atoms with E-state index in [4.69, 9.17) is 11.5 Å². The van der Waals surface area contributed by atoms with Crippen LogP contribution < -0.4 is 16.8 Å². The van der Waals surface area contributed by atoms with Crippen LogP contribution in [0.4, 0.5) is 22.0 Å². The van der Waals surface area contributed by atoms with Crippen molar-refractivity contribution in [3.8, 4) is 0 Å². The van der Waals surface area contributed by atoms with E-state index >= 15 is 0 Å². The van der Waals surface area contributed by atoms with Crippen LogP contribution in [0.2, 0.25) is 0 Å². The molecule has 0 saturated heterocycles. The molecular weight excluding hydrogens is 441 g/mol. The second kappa shape index (κ2) is 8.03. The Balaban J connectivity index is 2.02. The van der Waals surface area contributed by atoms with Gasteiger partial charge in [0.15, 0.2) is 0 Å². The minimum atomic E-state index is -4.84. The minimum Gasteiger partial charge on any atom is -0.403 e. The number of alkyl halides is 5. The normalized spacial score (nSPS) is 21.0. The predicted octanol–water partition coefficient (Wildman–Crippen LogP) is 3.91. The molecule has 2 aliphatic carbocycles. The number of hydrogen-bond acceptors (Lipinski definition) is 5. The average molecular weight is 465 g/mol. The van der Waals surface area contributed by atoms with Gasteiger partial charge in [0.25, 0.3) is 5.91 Å². The van der Waals surface area contributed by atoms with Gasteiger partial charge in [-0.2, -0.15) is 18.3 Å². The lowest BCUT2D eigenvalue weighted by molar-refractivity contribution is -0.160. The highest BCUT2D eigenvalue weighted by atomic mass is 32.2. The zero-order chi connectivity index (χ0) is 23.2. The van der Waals surface area contributed by atoms with Crippen molar-refractivity contribution in [2.24, 2.45) is 16.9 Å². The SMILES string of the molecule is CS/C(N)=C/C(=C\N)NC(=O)c1c(C(F)(F)F)c(C2CC2)nn1CC1(C)CC(F)(F)C1. The second-order valence-corrected chi connectivity index (χ2v) is 9.27. The molecule has 1 heterocycles. The Morgan fingerprint density at radius 2 is 1.97 bits per heavy atom. The molecule has 0 spiro atoms. The smallest absolute Gasteiger partial charge is 0.403 e. The molecule has 2 saturated carbocycles. The van der Waals surface area contributed by atoms with Gasteiger partial charge in [-0.15, -0.1) is 11.8 Å². The van der Waals surface area contributed by atoms with Gasteiger partial charge in [-0.3, -0.25) is 9.48 Å². The molecule has 172 valence electrons. The van der Waals surface area contributed by atoms with E-state index in [1.807, 2.05) is 0 Å². The van der Waals surface area contributed by atoms with Crippen LogP contribution in [0.1, 0.15) is 60.3 Å². The molecule has 0 bridgehead atoms. The Morgan fingerprint density at radius 1 is 1.35 bits per heavy atom. The number of carbonyl (C=O) groups excluding carboxylic acids is 1. The molecule has 0 radical (unpaired) electrons. The third-order valence-corrected chi connectivity index (χ3v) is 5.90. The largest absolute Gasteiger partial charge is 0.420 e. The maximum atomic E-state index is 14.0. The first kappa shape index (κ1) is 23.4. The highest BCUT2D eigenvalue weighted by Crippen LogP contribution is 2.53. The summed E-state index contributed by atoms with van der Waals surface area (Å²) in [6.07, 6.45) is -0.765. The summed E-state index contributed by atoms with van der Waals surface area (Å²) in [5, 5.41) is 6.69. The van der Waals surface area contributed by atoms with Gasteiger partial charge in [0.2, 0.25) is 5.92 Å². The first-order valence-corrected chi connectivity index (χ1v) is 10.8. The molecule has 1 amide bonds. The Hall–Kier alpha value is -2.24. The summed E-state index contributed by atoms with van der Waals surface area (Å²) < 4.78 is 69.8. The monoisotopic (exact) mass is 465 g/mol. The number of hydrogen-bond donors (Lipinski definition) is 3. The molecule has 31 heavy (non-hydrogen) atoms. The molecule has 0 aliphatic heterocycles. The molecule has 1 aromatic heterocycles. The van der Waals surface area contributed by atoms with Gasteiger partial charge < -0.3 is 16.8 Å². The fraction of sp³-hybridized carbons (Fsp3) is 0.579.